The van der Waals surface area contributed by atoms with Gasteiger partial charge in [0, 0.05) is 16.7 Å². The highest BCUT2D eigenvalue weighted by molar-refractivity contribution is 9.10. The van der Waals surface area contributed by atoms with Crippen molar-refractivity contribution in [2.75, 3.05) is 5.32 Å². The molecule has 0 bridgehead atoms. The number of carbonyl (C=O) groups excluding carboxylic acids is 1. The number of carbonyl (C=O) groups is 1. The maximum atomic E-state index is 13.7. The number of rotatable bonds is 3. The topological polar surface area (TPSA) is 85.1 Å². The summed E-state index contributed by atoms with van der Waals surface area (Å²) < 4.78 is 14.3. The van der Waals surface area contributed by atoms with Gasteiger partial charge in [-0.1, -0.05) is 11.6 Å². The Bertz CT molecular complexity index is 742. The molecule has 0 atom stereocenters. The van der Waals surface area contributed by atoms with Crippen molar-refractivity contribution in [2.24, 2.45) is 0 Å². The number of amides is 1. The third kappa shape index (κ3) is 3.53. The number of hydrogen-bond acceptors (Lipinski definition) is 4. The van der Waals surface area contributed by atoms with Crippen molar-refractivity contribution >= 4 is 44.8 Å². The minimum Gasteiger partial charge on any atom is -0.319 e. The molecule has 0 aliphatic carbocycles. The van der Waals surface area contributed by atoms with Gasteiger partial charge in [0.2, 0.25) is 0 Å². The maximum Gasteiger partial charge on any atom is 0.272 e. The molecule has 2 rings (SSSR count). The SMILES string of the molecule is O=C(Nc1cc(Br)cnc1Cl)c1ccc([N+](=O)[O-])cc1F. The lowest BCUT2D eigenvalue weighted by Gasteiger charge is -2.07. The zero-order chi connectivity index (χ0) is 15.6. The third-order valence-corrected chi connectivity index (χ3v) is 3.20. The number of nitro benzene ring substituents is 1. The van der Waals surface area contributed by atoms with Gasteiger partial charge in [0.05, 0.1) is 22.2 Å². The van der Waals surface area contributed by atoms with Crippen molar-refractivity contribution in [3.63, 3.8) is 0 Å². The molecule has 9 heteroatoms. The second-order valence-electron chi connectivity index (χ2n) is 3.87. The van der Waals surface area contributed by atoms with Crippen LogP contribution in [0.25, 0.3) is 0 Å². The number of nitrogens with one attached hydrogen (secondary N) is 1. The van der Waals surface area contributed by atoms with Crippen LogP contribution in [0.15, 0.2) is 34.9 Å². The van der Waals surface area contributed by atoms with Gasteiger partial charge in [-0.15, -0.1) is 0 Å². The molecule has 1 aromatic heterocycles. The van der Waals surface area contributed by atoms with Crippen LogP contribution < -0.4 is 5.32 Å². The molecule has 0 aliphatic rings. The van der Waals surface area contributed by atoms with Crippen LogP contribution in [0.1, 0.15) is 10.4 Å². The molecule has 1 heterocycles. The summed E-state index contributed by atoms with van der Waals surface area (Å²) in [5, 5.41) is 12.9. The zero-order valence-electron chi connectivity index (χ0n) is 10.1. The molecule has 0 radical (unpaired) electrons. The molecule has 0 fully saturated rings. The number of nitrogens with zero attached hydrogens (tertiary/aromatic N) is 2. The van der Waals surface area contributed by atoms with Crippen LogP contribution >= 0.6 is 27.5 Å². The minimum absolute atomic E-state index is 0.0360. The van der Waals surface area contributed by atoms with Crippen LogP contribution in [0.5, 0.6) is 0 Å². The van der Waals surface area contributed by atoms with E-state index in [0.29, 0.717) is 10.5 Å². The average molecular weight is 375 g/mol. The number of aromatic nitrogens is 1. The van der Waals surface area contributed by atoms with E-state index in [1.165, 1.54) is 12.3 Å². The summed E-state index contributed by atoms with van der Waals surface area (Å²) in [4.78, 5) is 25.5. The molecular weight excluding hydrogens is 369 g/mol. The Morgan fingerprint density at radius 3 is 2.76 bits per heavy atom. The van der Waals surface area contributed by atoms with E-state index in [0.717, 1.165) is 12.1 Å². The average Bonchev–Trinajstić information content (AvgIpc) is 2.42. The molecule has 0 spiro atoms. The normalized spacial score (nSPS) is 10.2. The first-order valence-corrected chi connectivity index (χ1v) is 6.62. The number of non-ortho nitro benzene ring substituents is 1. The Labute approximate surface area is 131 Å². The Morgan fingerprint density at radius 1 is 1.43 bits per heavy atom. The van der Waals surface area contributed by atoms with Crippen LogP contribution in [0, 0.1) is 15.9 Å². The van der Waals surface area contributed by atoms with Crippen LogP contribution in [0.2, 0.25) is 5.15 Å². The molecule has 108 valence electrons. The lowest BCUT2D eigenvalue weighted by molar-refractivity contribution is -0.385. The van der Waals surface area contributed by atoms with E-state index in [9.17, 15) is 19.3 Å². The number of halogens is 3. The van der Waals surface area contributed by atoms with Gasteiger partial charge in [0.15, 0.2) is 5.15 Å². The first-order valence-electron chi connectivity index (χ1n) is 5.45. The van der Waals surface area contributed by atoms with E-state index in [1.807, 2.05) is 0 Å². The Morgan fingerprint density at radius 2 is 2.14 bits per heavy atom. The molecule has 6 nitrogen and oxygen atoms in total. The highest BCUT2D eigenvalue weighted by Gasteiger charge is 2.17. The van der Waals surface area contributed by atoms with Gasteiger partial charge < -0.3 is 5.32 Å². The van der Waals surface area contributed by atoms with Gasteiger partial charge in [-0.3, -0.25) is 14.9 Å². The Balaban J connectivity index is 2.28. The summed E-state index contributed by atoms with van der Waals surface area (Å²) in [5.41, 5.74) is -0.586. The molecule has 1 amide bonds. The third-order valence-electron chi connectivity index (χ3n) is 2.46. The molecule has 0 saturated carbocycles. The van der Waals surface area contributed by atoms with Crippen molar-refractivity contribution in [3.8, 4) is 0 Å². The summed E-state index contributed by atoms with van der Waals surface area (Å²) in [5.74, 6) is -1.79. The highest BCUT2D eigenvalue weighted by Crippen LogP contribution is 2.24. The zero-order valence-corrected chi connectivity index (χ0v) is 12.5. The van der Waals surface area contributed by atoms with Gasteiger partial charge in [0.1, 0.15) is 5.82 Å². The molecule has 2 aromatic rings. The number of nitro groups is 1. The van der Waals surface area contributed by atoms with Crippen molar-refractivity contribution in [1.82, 2.24) is 4.98 Å². The van der Waals surface area contributed by atoms with E-state index in [-0.39, 0.29) is 16.4 Å². The van der Waals surface area contributed by atoms with Gasteiger partial charge in [-0.05, 0) is 28.1 Å². The fraction of sp³-hybridized carbons (Fsp3) is 0. The van der Waals surface area contributed by atoms with E-state index in [1.54, 1.807) is 0 Å². The summed E-state index contributed by atoms with van der Waals surface area (Å²) in [6.45, 7) is 0. The second-order valence-corrected chi connectivity index (χ2v) is 5.14. The summed E-state index contributed by atoms with van der Waals surface area (Å²) in [6.07, 6.45) is 1.43. The Hall–Kier alpha value is -2.06. The molecule has 0 unspecified atom stereocenters. The standard InChI is InChI=1S/C12H6BrClFN3O3/c13-6-3-10(11(14)16-5-6)17-12(19)8-2-1-7(18(20)21)4-9(8)15/h1-5H,(H,17,19). The second kappa shape index (κ2) is 6.15. The maximum absolute atomic E-state index is 13.7. The summed E-state index contributed by atoms with van der Waals surface area (Å²) in [6, 6.07) is 4.24. The van der Waals surface area contributed by atoms with Crippen molar-refractivity contribution in [1.29, 1.82) is 0 Å². The van der Waals surface area contributed by atoms with Crippen molar-refractivity contribution < 1.29 is 14.1 Å². The van der Waals surface area contributed by atoms with E-state index in [4.69, 9.17) is 11.6 Å². The van der Waals surface area contributed by atoms with Gasteiger partial charge in [-0.25, -0.2) is 9.37 Å². The quantitative estimate of drug-likeness (QED) is 0.503. The fourth-order valence-corrected chi connectivity index (χ4v) is 1.98. The van der Waals surface area contributed by atoms with E-state index in [2.05, 4.69) is 26.2 Å². The smallest absolute Gasteiger partial charge is 0.272 e. The number of hydrogen-bond donors (Lipinski definition) is 1. The lowest BCUT2D eigenvalue weighted by atomic mass is 10.1. The van der Waals surface area contributed by atoms with E-state index < -0.39 is 22.3 Å². The fourth-order valence-electron chi connectivity index (χ4n) is 1.50. The van der Waals surface area contributed by atoms with Crippen molar-refractivity contribution in [3.05, 3.63) is 61.6 Å². The molecule has 1 aromatic carbocycles. The van der Waals surface area contributed by atoms with Crippen LogP contribution in [-0.2, 0) is 0 Å². The predicted molar refractivity (Wildman–Crippen MR) is 78.0 cm³/mol. The van der Waals surface area contributed by atoms with Gasteiger partial charge in [-0.2, -0.15) is 0 Å². The summed E-state index contributed by atoms with van der Waals surface area (Å²) in [7, 11) is 0. The first kappa shape index (κ1) is 15.3. The van der Waals surface area contributed by atoms with E-state index >= 15 is 0 Å². The highest BCUT2D eigenvalue weighted by atomic mass is 79.9. The lowest BCUT2D eigenvalue weighted by Crippen LogP contribution is -2.14. The van der Waals surface area contributed by atoms with Gasteiger partial charge in [0.25, 0.3) is 11.6 Å². The summed E-state index contributed by atoms with van der Waals surface area (Å²) >= 11 is 8.97. The van der Waals surface area contributed by atoms with Crippen LogP contribution in [-0.4, -0.2) is 15.8 Å². The van der Waals surface area contributed by atoms with Crippen LogP contribution in [0.4, 0.5) is 15.8 Å². The van der Waals surface area contributed by atoms with Gasteiger partial charge >= 0.3 is 0 Å². The Kier molecular flexibility index (Phi) is 4.49. The number of anilines is 1. The minimum atomic E-state index is -0.999. The number of benzene rings is 1. The predicted octanol–water partition coefficient (Wildman–Crippen LogP) is 3.80. The molecule has 21 heavy (non-hydrogen) atoms. The molecule has 1 N–H and O–H groups in total. The molecule has 0 aliphatic heterocycles. The number of pyridine rings is 1. The largest absolute Gasteiger partial charge is 0.319 e. The first-order chi connectivity index (χ1) is 9.88. The monoisotopic (exact) mass is 373 g/mol. The molecule has 0 saturated heterocycles. The van der Waals surface area contributed by atoms with Crippen LogP contribution in [0.3, 0.4) is 0 Å². The van der Waals surface area contributed by atoms with Crippen molar-refractivity contribution in [2.45, 2.75) is 0 Å². The molecular formula is C12H6BrClFN3O3.